The van der Waals surface area contributed by atoms with E-state index in [1.807, 2.05) is 0 Å². The predicted molar refractivity (Wildman–Crippen MR) is 60.0 cm³/mol. The fraction of sp³-hybridized carbons (Fsp3) is 0.727. The van der Waals surface area contributed by atoms with E-state index in [4.69, 9.17) is 0 Å². The van der Waals surface area contributed by atoms with Crippen molar-refractivity contribution in [2.45, 2.75) is 19.8 Å². The van der Waals surface area contributed by atoms with E-state index in [1.165, 1.54) is 14.0 Å². The zero-order valence-electron chi connectivity index (χ0n) is 10.2. The first-order valence-corrected chi connectivity index (χ1v) is 5.64. The molecule has 1 aliphatic heterocycles. The number of esters is 1. The Hall–Kier alpha value is -1.59. The van der Waals surface area contributed by atoms with Crippen LogP contribution in [0.5, 0.6) is 0 Å². The highest BCUT2D eigenvalue weighted by Crippen LogP contribution is 2.17. The molecule has 1 heterocycles. The summed E-state index contributed by atoms with van der Waals surface area (Å²) in [5.74, 6) is -0.911. The molecule has 1 aliphatic rings. The monoisotopic (exact) mass is 242 g/mol. The molecule has 0 aromatic heterocycles. The van der Waals surface area contributed by atoms with Gasteiger partial charge in [-0.3, -0.25) is 14.4 Å². The van der Waals surface area contributed by atoms with Crippen molar-refractivity contribution in [1.82, 2.24) is 10.2 Å². The van der Waals surface area contributed by atoms with Crippen LogP contribution >= 0.6 is 0 Å². The molecule has 1 fully saturated rings. The number of methoxy groups -OCH3 is 1. The molecule has 1 rings (SSSR count). The van der Waals surface area contributed by atoms with E-state index in [1.54, 1.807) is 4.90 Å². The number of nitrogens with one attached hydrogen (secondary N) is 1. The summed E-state index contributed by atoms with van der Waals surface area (Å²) >= 11 is 0. The highest BCUT2D eigenvalue weighted by atomic mass is 16.5. The van der Waals surface area contributed by atoms with Gasteiger partial charge in [-0.15, -0.1) is 0 Å². The van der Waals surface area contributed by atoms with Crippen LogP contribution in [-0.4, -0.2) is 49.4 Å². The minimum absolute atomic E-state index is 0.0107. The third-order valence-corrected chi connectivity index (χ3v) is 2.80. The van der Waals surface area contributed by atoms with Crippen molar-refractivity contribution in [3.8, 4) is 0 Å². The molecule has 0 aromatic rings. The average molecular weight is 242 g/mol. The number of rotatable bonds is 3. The summed E-state index contributed by atoms with van der Waals surface area (Å²) in [7, 11) is 1.35. The van der Waals surface area contributed by atoms with Gasteiger partial charge in [-0.1, -0.05) is 0 Å². The minimum Gasteiger partial charge on any atom is -0.469 e. The van der Waals surface area contributed by atoms with E-state index in [0.717, 1.165) is 12.8 Å². The molecule has 0 spiro atoms. The smallest absolute Gasteiger partial charge is 0.310 e. The van der Waals surface area contributed by atoms with Gasteiger partial charge in [-0.25, -0.2) is 0 Å². The van der Waals surface area contributed by atoms with Crippen molar-refractivity contribution in [3.05, 3.63) is 0 Å². The van der Waals surface area contributed by atoms with Crippen molar-refractivity contribution in [2.75, 3.05) is 26.7 Å². The Balaban J connectivity index is 2.45. The van der Waals surface area contributed by atoms with E-state index in [0.29, 0.717) is 13.1 Å². The molecule has 0 saturated carbocycles. The number of likely N-dealkylation sites (tertiary alicyclic amines) is 1. The first kappa shape index (κ1) is 13.5. The zero-order valence-corrected chi connectivity index (χ0v) is 10.2. The van der Waals surface area contributed by atoms with Gasteiger partial charge < -0.3 is 15.0 Å². The Morgan fingerprint density at radius 2 is 2.12 bits per heavy atom. The lowest BCUT2D eigenvalue weighted by molar-refractivity contribution is -0.149. The highest BCUT2D eigenvalue weighted by molar-refractivity contribution is 5.84. The zero-order chi connectivity index (χ0) is 12.8. The molecule has 1 N–H and O–H groups in total. The molecule has 0 bridgehead atoms. The summed E-state index contributed by atoms with van der Waals surface area (Å²) in [5, 5.41) is 2.45. The SMILES string of the molecule is COC(=O)C1CCCN(C(=O)CNC(C)=O)C1. The summed E-state index contributed by atoms with van der Waals surface area (Å²) in [6.07, 6.45) is 1.53. The Morgan fingerprint density at radius 3 is 2.71 bits per heavy atom. The molecule has 1 atom stereocenters. The standard InChI is InChI=1S/C11H18N2O4/c1-8(14)12-6-10(15)13-5-3-4-9(7-13)11(16)17-2/h9H,3-7H2,1-2H3,(H,12,14). The Kier molecular flexibility index (Phi) is 4.93. The molecule has 6 nitrogen and oxygen atoms in total. The third kappa shape index (κ3) is 4.05. The van der Waals surface area contributed by atoms with Crippen LogP contribution in [0.25, 0.3) is 0 Å². The maximum Gasteiger partial charge on any atom is 0.310 e. The van der Waals surface area contributed by atoms with E-state index >= 15 is 0 Å². The fourth-order valence-corrected chi connectivity index (χ4v) is 1.87. The molecular weight excluding hydrogens is 224 g/mol. The van der Waals surface area contributed by atoms with Crippen LogP contribution in [0.4, 0.5) is 0 Å². The number of carbonyl (C=O) groups excluding carboxylic acids is 3. The van der Waals surface area contributed by atoms with Gasteiger partial charge in [0.05, 0.1) is 19.6 Å². The van der Waals surface area contributed by atoms with Gasteiger partial charge >= 0.3 is 5.97 Å². The molecule has 1 saturated heterocycles. The first-order valence-electron chi connectivity index (χ1n) is 5.64. The van der Waals surface area contributed by atoms with Crippen molar-refractivity contribution in [3.63, 3.8) is 0 Å². The molecular formula is C11H18N2O4. The van der Waals surface area contributed by atoms with Crippen molar-refractivity contribution < 1.29 is 19.1 Å². The molecule has 96 valence electrons. The van der Waals surface area contributed by atoms with Gasteiger partial charge in [0, 0.05) is 20.0 Å². The van der Waals surface area contributed by atoms with Crippen molar-refractivity contribution in [2.24, 2.45) is 5.92 Å². The van der Waals surface area contributed by atoms with E-state index in [9.17, 15) is 14.4 Å². The number of piperidine rings is 1. The number of carbonyl (C=O) groups is 3. The number of hydrogen-bond donors (Lipinski definition) is 1. The lowest BCUT2D eigenvalue weighted by atomic mass is 9.98. The quantitative estimate of drug-likeness (QED) is 0.679. The second-order valence-corrected chi connectivity index (χ2v) is 4.11. The van der Waals surface area contributed by atoms with Gasteiger partial charge in [0.25, 0.3) is 0 Å². The largest absolute Gasteiger partial charge is 0.469 e. The van der Waals surface area contributed by atoms with Crippen LogP contribution in [0.1, 0.15) is 19.8 Å². The van der Waals surface area contributed by atoms with Crippen LogP contribution in [0.15, 0.2) is 0 Å². The number of ether oxygens (including phenoxy) is 1. The van der Waals surface area contributed by atoms with E-state index in [2.05, 4.69) is 10.1 Å². The van der Waals surface area contributed by atoms with Crippen LogP contribution in [0, 0.1) is 5.92 Å². The molecule has 17 heavy (non-hydrogen) atoms. The summed E-state index contributed by atoms with van der Waals surface area (Å²) in [6, 6.07) is 0. The third-order valence-electron chi connectivity index (χ3n) is 2.80. The second-order valence-electron chi connectivity index (χ2n) is 4.11. The Bertz CT molecular complexity index is 317. The average Bonchev–Trinajstić information content (AvgIpc) is 2.35. The van der Waals surface area contributed by atoms with E-state index in [-0.39, 0.29) is 30.2 Å². The van der Waals surface area contributed by atoms with Crippen LogP contribution in [0.2, 0.25) is 0 Å². The van der Waals surface area contributed by atoms with Crippen LogP contribution < -0.4 is 5.32 Å². The molecule has 1 unspecified atom stereocenters. The Morgan fingerprint density at radius 1 is 1.41 bits per heavy atom. The number of hydrogen-bond acceptors (Lipinski definition) is 4. The van der Waals surface area contributed by atoms with Crippen LogP contribution in [0.3, 0.4) is 0 Å². The van der Waals surface area contributed by atoms with Gasteiger partial charge in [0.2, 0.25) is 11.8 Å². The summed E-state index contributed by atoms with van der Waals surface area (Å²) < 4.78 is 4.67. The minimum atomic E-state index is -0.276. The van der Waals surface area contributed by atoms with Gasteiger partial charge in [0.15, 0.2) is 0 Å². The van der Waals surface area contributed by atoms with Gasteiger partial charge in [0.1, 0.15) is 0 Å². The highest BCUT2D eigenvalue weighted by Gasteiger charge is 2.28. The normalized spacial score (nSPS) is 19.6. The summed E-state index contributed by atoms with van der Waals surface area (Å²) in [4.78, 5) is 35.4. The van der Waals surface area contributed by atoms with Crippen molar-refractivity contribution >= 4 is 17.8 Å². The summed E-state index contributed by atoms with van der Waals surface area (Å²) in [6.45, 7) is 2.36. The van der Waals surface area contributed by atoms with Gasteiger partial charge in [-0.2, -0.15) is 0 Å². The Labute approximate surface area is 100 Å². The lowest BCUT2D eigenvalue weighted by Gasteiger charge is -2.31. The summed E-state index contributed by atoms with van der Waals surface area (Å²) in [5.41, 5.74) is 0. The molecule has 2 amide bonds. The maximum absolute atomic E-state index is 11.7. The first-order chi connectivity index (χ1) is 8.04. The maximum atomic E-state index is 11.7. The molecule has 0 radical (unpaired) electrons. The number of nitrogens with zero attached hydrogens (tertiary/aromatic N) is 1. The van der Waals surface area contributed by atoms with Crippen molar-refractivity contribution in [1.29, 1.82) is 0 Å². The predicted octanol–water partition coefficient (Wildman–Crippen LogP) is -0.466. The lowest BCUT2D eigenvalue weighted by Crippen LogP contribution is -2.46. The van der Waals surface area contributed by atoms with Gasteiger partial charge in [-0.05, 0) is 12.8 Å². The topological polar surface area (TPSA) is 75.7 Å². The second kappa shape index (κ2) is 6.22. The van der Waals surface area contributed by atoms with Crippen LogP contribution in [-0.2, 0) is 19.1 Å². The molecule has 0 aromatic carbocycles. The fourth-order valence-electron chi connectivity index (χ4n) is 1.87. The van der Waals surface area contributed by atoms with E-state index < -0.39 is 0 Å². The number of amides is 2. The molecule has 0 aliphatic carbocycles. The molecule has 6 heteroatoms.